The maximum atomic E-state index is 12.1. The molecule has 1 aromatic carbocycles. The van der Waals surface area contributed by atoms with Gasteiger partial charge in [-0.3, -0.25) is 4.68 Å². The minimum atomic E-state index is -3.56. The first-order valence-electron chi connectivity index (χ1n) is 6.35. The minimum Gasteiger partial charge on any atom is -0.326 e. The van der Waals surface area contributed by atoms with Crippen LogP contribution in [-0.2, 0) is 23.1 Å². The van der Waals surface area contributed by atoms with E-state index in [1.807, 2.05) is 0 Å². The van der Waals surface area contributed by atoms with Crippen LogP contribution < -0.4 is 10.5 Å². The summed E-state index contributed by atoms with van der Waals surface area (Å²) in [4.78, 5) is 0.160. The van der Waals surface area contributed by atoms with Crippen LogP contribution in [0.2, 0.25) is 5.02 Å². The second kappa shape index (κ2) is 6.99. The summed E-state index contributed by atoms with van der Waals surface area (Å²) in [5.74, 6) is 0. The molecule has 21 heavy (non-hydrogen) atoms. The standard InChI is InChI=1S/C12H16ClN5O2S/c13-12-3-2-11(8-10(12)9-14)21(19,20)16-4-1-6-18-7-5-15-17-18/h2-3,5,7-8,16H,1,4,6,9,14H2. The fraction of sp³-hybridized carbons (Fsp3) is 0.333. The summed E-state index contributed by atoms with van der Waals surface area (Å²) < 4.78 is 28.5. The molecule has 0 amide bonds. The maximum Gasteiger partial charge on any atom is 0.240 e. The summed E-state index contributed by atoms with van der Waals surface area (Å²) in [7, 11) is -3.56. The van der Waals surface area contributed by atoms with Crippen LogP contribution >= 0.6 is 11.6 Å². The van der Waals surface area contributed by atoms with Gasteiger partial charge in [-0.1, -0.05) is 16.8 Å². The van der Waals surface area contributed by atoms with Crippen molar-refractivity contribution in [3.8, 4) is 0 Å². The zero-order chi connectivity index (χ0) is 15.3. The van der Waals surface area contributed by atoms with Crippen molar-refractivity contribution in [2.45, 2.75) is 24.4 Å². The molecule has 1 aromatic heterocycles. The van der Waals surface area contributed by atoms with E-state index in [2.05, 4.69) is 15.0 Å². The smallest absolute Gasteiger partial charge is 0.240 e. The van der Waals surface area contributed by atoms with E-state index in [-0.39, 0.29) is 11.4 Å². The Kier molecular flexibility index (Phi) is 5.29. The van der Waals surface area contributed by atoms with Crippen LogP contribution in [0.3, 0.4) is 0 Å². The summed E-state index contributed by atoms with van der Waals surface area (Å²) in [6, 6.07) is 4.48. The topological polar surface area (TPSA) is 103 Å². The largest absolute Gasteiger partial charge is 0.326 e. The molecule has 0 fully saturated rings. The van der Waals surface area contributed by atoms with Crippen LogP contribution in [0.4, 0.5) is 0 Å². The molecule has 0 spiro atoms. The third kappa shape index (κ3) is 4.24. The first kappa shape index (κ1) is 15.9. The second-order valence-corrected chi connectivity index (χ2v) is 6.55. The van der Waals surface area contributed by atoms with E-state index >= 15 is 0 Å². The van der Waals surface area contributed by atoms with E-state index in [0.29, 0.717) is 30.1 Å². The first-order valence-corrected chi connectivity index (χ1v) is 8.21. The average molecular weight is 330 g/mol. The van der Waals surface area contributed by atoms with Crippen LogP contribution in [0, 0.1) is 0 Å². The number of sulfonamides is 1. The zero-order valence-corrected chi connectivity index (χ0v) is 12.8. The molecule has 0 aliphatic rings. The SMILES string of the molecule is NCc1cc(S(=O)(=O)NCCCn2ccnn2)ccc1Cl. The van der Waals surface area contributed by atoms with Gasteiger partial charge in [0.25, 0.3) is 0 Å². The Hall–Kier alpha value is -1.48. The molecule has 0 saturated heterocycles. The molecule has 0 bridgehead atoms. The molecule has 1 heterocycles. The Labute approximate surface area is 128 Å². The molecule has 7 nitrogen and oxygen atoms in total. The van der Waals surface area contributed by atoms with Gasteiger partial charge >= 0.3 is 0 Å². The van der Waals surface area contributed by atoms with Gasteiger partial charge in [-0.15, -0.1) is 5.10 Å². The quantitative estimate of drug-likeness (QED) is 0.730. The first-order chi connectivity index (χ1) is 10.0. The molecule has 2 aromatic rings. The number of aryl methyl sites for hydroxylation is 1. The molecule has 0 radical (unpaired) electrons. The summed E-state index contributed by atoms with van der Waals surface area (Å²) >= 11 is 5.92. The van der Waals surface area contributed by atoms with Gasteiger partial charge in [-0.05, 0) is 30.2 Å². The van der Waals surface area contributed by atoms with E-state index in [9.17, 15) is 8.42 Å². The average Bonchev–Trinajstić information content (AvgIpc) is 2.97. The summed E-state index contributed by atoms with van der Waals surface area (Å²) in [5, 5.41) is 7.94. The Bertz CT molecular complexity index is 688. The highest BCUT2D eigenvalue weighted by Crippen LogP contribution is 2.19. The van der Waals surface area contributed by atoms with Gasteiger partial charge in [0, 0.05) is 30.9 Å². The zero-order valence-electron chi connectivity index (χ0n) is 11.2. The Balaban J connectivity index is 1.95. The Morgan fingerprint density at radius 1 is 1.38 bits per heavy atom. The number of nitrogens with zero attached hydrogens (tertiary/aromatic N) is 3. The van der Waals surface area contributed by atoms with Gasteiger partial charge < -0.3 is 5.73 Å². The lowest BCUT2D eigenvalue weighted by molar-refractivity contribution is 0.542. The lowest BCUT2D eigenvalue weighted by atomic mass is 10.2. The number of hydrogen-bond acceptors (Lipinski definition) is 5. The Morgan fingerprint density at radius 3 is 2.86 bits per heavy atom. The number of aromatic nitrogens is 3. The van der Waals surface area contributed by atoms with Crippen molar-refractivity contribution in [1.82, 2.24) is 19.7 Å². The predicted molar refractivity (Wildman–Crippen MR) is 79.2 cm³/mol. The molecule has 114 valence electrons. The number of rotatable bonds is 7. The van der Waals surface area contributed by atoms with Crippen LogP contribution in [0.5, 0.6) is 0 Å². The molecular formula is C12H16ClN5O2S. The van der Waals surface area contributed by atoms with Gasteiger partial charge in [0.1, 0.15) is 0 Å². The highest BCUT2D eigenvalue weighted by Gasteiger charge is 2.14. The van der Waals surface area contributed by atoms with Crippen molar-refractivity contribution < 1.29 is 8.42 Å². The molecule has 0 aliphatic heterocycles. The second-order valence-electron chi connectivity index (χ2n) is 4.37. The molecule has 0 unspecified atom stereocenters. The van der Waals surface area contributed by atoms with Crippen molar-refractivity contribution in [3.63, 3.8) is 0 Å². The van der Waals surface area contributed by atoms with Crippen LogP contribution in [0.1, 0.15) is 12.0 Å². The molecule has 0 atom stereocenters. The molecule has 9 heteroatoms. The maximum absolute atomic E-state index is 12.1. The number of halogens is 1. The number of nitrogens with one attached hydrogen (secondary N) is 1. The van der Waals surface area contributed by atoms with Crippen LogP contribution in [0.15, 0.2) is 35.5 Å². The van der Waals surface area contributed by atoms with E-state index in [4.69, 9.17) is 17.3 Å². The summed E-state index contributed by atoms with van der Waals surface area (Å²) in [5.41, 5.74) is 6.12. The van der Waals surface area contributed by atoms with Gasteiger partial charge in [0.2, 0.25) is 10.0 Å². The third-order valence-electron chi connectivity index (χ3n) is 2.88. The van der Waals surface area contributed by atoms with E-state index in [1.54, 1.807) is 17.1 Å². The molecule has 2 rings (SSSR count). The van der Waals surface area contributed by atoms with E-state index in [1.165, 1.54) is 18.2 Å². The summed E-state index contributed by atoms with van der Waals surface area (Å²) in [6.07, 6.45) is 3.91. The molecule has 3 N–H and O–H groups in total. The fourth-order valence-electron chi connectivity index (χ4n) is 1.76. The number of benzene rings is 1. The lowest BCUT2D eigenvalue weighted by Gasteiger charge is -2.09. The Morgan fingerprint density at radius 2 is 2.19 bits per heavy atom. The monoisotopic (exact) mass is 329 g/mol. The van der Waals surface area contributed by atoms with Gasteiger partial charge in [-0.25, -0.2) is 13.1 Å². The van der Waals surface area contributed by atoms with E-state index < -0.39 is 10.0 Å². The number of hydrogen-bond donors (Lipinski definition) is 2. The highest BCUT2D eigenvalue weighted by atomic mass is 35.5. The number of nitrogens with two attached hydrogens (primary N) is 1. The van der Waals surface area contributed by atoms with Gasteiger partial charge in [-0.2, -0.15) is 0 Å². The van der Waals surface area contributed by atoms with Crippen LogP contribution in [0.25, 0.3) is 0 Å². The molecular weight excluding hydrogens is 314 g/mol. The van der Waals surface area contributed by atoms with Crippen molar-refractivity contribution >= 4 is 21.6 Å². The minimum absolute atomic E-state index is 0.160. The van der Waals surface area contributed by atoms with Crippen molar-refractivity contribution in [2.24, 2.45) is 5.73 Å². The molecule has 0 aliphatic carbocycles. The molecule has 0 saturated carbocycles. The predicted octanol–water partition coefficient (Wildman–Crippen LogP) is 0.759. The van der Waals surface area contributed by atoms with Crippen molar-refractivity contribution in [1.29, 1.82) is 0 Å². The van der Waals surface area contributed by atoms with Gasteiger partial charge in [0.05, 0.1) is 11.1 Å². The highest BCUT2D eigenvalue weighted by molar-refractivity contribution is 7.89. The van der Waals surface area contributed by atoms with Crippen molar-refractivity contribution in [2.75, 3.05) is 6.54 Å². The fourth-order valence-corrected chi connectivity index (χ4v) is 3.08. The van der Waals surface area contributed by atoms with Gasteiger partial charge in [0.15, 0.2) is 0 Å². The third-order valence-corrected chi connectivity index (χ3v) is 4.70. The van der Waals surface area contributed by atoms with Crippen LogP contribution in [-0.4, -0.2) is 30.0 Å². The summed E-state index contributed by atoms with van der Waals surface area (Å²) in [6.45, 7) is 1.09. The normalized spacial score (nSPS) is 11.7. The van der Waals surface area contributed by atoms with Crippen molar-refractivity contribution in [3.05, 3.63) is 41.2 Å². The van der Waals surface area contributed by atoms with E-state index in [0.717, 1.165) is 0 Å². The lowest BCUT2D eigenvalue weighted by Crippen LogP contribution is -2.25.